The summed E-state index contributed by atoms with van der Waals surface area (Å²) in [7, 11) is 1.91. The van der Waals surface area contributed by atoms with Gasteiger partial charge in [0.1, 0.15) is 0 Å². The predicted octanol–water partition coefficient (Wildman–Crippen LogP) is 3.78. The van der Waals surface area contributed by atoms with E-state index in [1.807, 2.05) is 59.9 Å². The van der Waals surface area contributed by atoms with Crippen LogP contribution in [0.1, 0.15) is 11.6 Å². The molecule has 1 aliphatic rings. The van der Waals surface area contributed by atoms with Gasteiger partial charge in [-0.3, -0.25) is 4.68 Å². The lowest BCUT2D eigenvalue weighted by Gasteiger charge is -2.38. The van der Waals surface area contributed by atoms with Gasteiger partial charge in [-0.15, -0.1) is 11.3 Å². The van der Waals surface area contributed by atoms with Gasteiger partial charge >= 0.3 is 6.03 Å². The Balaban J connectivity index is 1.43. The van der Waals surface area contributed by atoms with Crippen molar-refractivity contribution in [3.8, 4) is 10.4 Å². The summed E-state index contributed by atoms with van der Waals surface area (Å²) in [5, 5.41) is 9.51. The number of para-hydroxylation sites is 1. The van der Waals surface area contributed by atoms with Crippen LogP contribution in [0.25, 0.3) is 10.4 Å². The van der Waals surface area contributed by atoms with Crippen molar-refractivity contribution in [2.24, 2.45) is 7.05 Å². The van der Waals surface area contributed by atoms with Gasteiger partial charge in [0.2, 0.25) is 0 Å². The number of hydrogen-bond donors (Lipinski definition) is 1. The summed E-state index contributed by atoms with van der Waals surface area (Å²) in [5.74, 6) is 0.337. The van der Waals surface area contributed by atoms with Gasteiger partial charge in [0.15, 0.2) is 0 Å². The summed E-state index contributed by atoms with van der Waals surface area (Å²) >= 11 is 1.67. The summed E-state index contributed by atoms with van der Waals surface area (Å²) < 4.78 is 1.80. The zero-order chi connectivity index (χ0) is 16.5. The van der Waals surface area contributed by atoms with Crippen LogP contribution in [0, 0.1) is 0 Å². The average Bonchev–Trinajstić information content (AvgIpc) is 3.18. The van der Waals surface area contributed by atoms with Gasteiger partial charge in [0.25, 0.3) is 0 Å². The van der Waals surface area contributed by atoms with Crippen LogP contribution in [0.2, 0.25) is 0 Å². The van der Waals surface area contributed by atoms with Crippen molar-refractivity contribution in [2.45, 2.75) is 5.92 Å². The van der Waals surface area contributed by atoms with E-state index in [0.29, 0.717) is 19.0 Å². The molecule has 2 aromatic heterocycles. The number of benzene rings is 1. The fraction of sp³-hybridized carbons (Fsp3) is 0.222. The molecule has 1 fully saturated rings. The number of carbonyl (C=O) groups excluding carboxylic acids is 1. The number of aryl methyl sites for hydroxylation is 1. The summed E-state index contributed by atoms with van der Waals surface area (Å²) in [5.41, 5.74) is 2.97. The van der Waals surface area contributed by atoms with Crippen molar-refractivity contribution in [1.82, 2.24) is 14.7 Å². The molecule has 1 saturated heterocycles. The highest BCUT2D eigenvalue weighted by Gasteiger charge is 2.33. The maximum atomic E-state index is 12.5. The second-order valence-corrected chi connectivity index (χ2v) is 6.92. The van der Waals surface area contributed by atoms with Gasteiger partial charge in [-0.2, -0.15) is 5.10 Å². The van der Waals surface area contributed by atoms with Crippen LogP contribution >= 0.6 is 11.3 Å². The molecule has 0 atom stereocenters. The highest BCUT2D eigenvalue weighted by molar-refractivity contribution is 7.13. The Morgan fingerprint density at radius 1 is 1.21 bits per heavy atom. The Kier molecular flexibility index (Phi) is 3.82. The topological polar surface area (TPSA) is 50.2 Å². The third kappa shape index (κ3) is 2.80. The van der Waals surface area contributed by atoms with E-state index in [4.69, 9.17) is 0 Å². The van der Waals surface area contributed by atoms with E-state index in [2.05, 4.69) is 16.5 Å². The maximum absolute atomic E-state index is 12.5. The number of likely N-dealkylation sites (tertiary alicyclic amines) is 1. The van der Waals surface area contributed by atoms with Crippen LogP contribution < -0.4 is 5.32 Å². The lowest BCUT2D eigenvalue weighted by molar-refractivity contribution is 0.162. The van der Waals surface area contributed by atoms with Crippen LogP contribution in [0.3, 0.4) is 0 Å². The van der Waals surface area contributed by atoms with Crippen LogP contribution in [-0.2, 0) is 7.05 Å². The molecule has 5 nitrogen and oxygen atoms in total. The fourth-order valence-corrected chi connectivity index (χ4v) is 3.68. The summed E-state index contributed by atoms with van der Waals surface area (Å²) in [6.07, 6.45) is 1.94. The maximum Gasteiger partial charge on any atom is 0.321 e. The van der Waals surface area contributed by atoms with Crippen LogP contribution in [0.5, 0.6) is 0 Å². The monoisotopic (exact) mass is 338 g/mol. The number of urea groups is 1. The number of amides is 2. The first kappa shape index (κ1) is 15.0. The van der Waals surface area contributed by atoms with Gasteiger partial charge < -0.3 is 10.2 Å². The number of carbonyl (C=O) groups is 1. The molecule has 0 spiro atoms. The number of anilines is 1. The zero-order valence-electron chi connectivity index (χ0n) is 13.3. The van der Waals surface area contributed by atoms with Crippen LogP contribution in [0.4, 0.5) is 10.5 Å². The standard InChI is InChI=1S/C18H18N4OS/c1-21-9-8-15(20-21)13-11-22(12-13)18(23)19-16-6-3-2-5-14(16)17-7-4-10-24-17/h2-10,13H,11-12H2,1H3,(H,19,23). The van der Waals surface area contributed by atoms with E-state index < -0.39 is 0 Å². The van der Waals surface area contributed by atoms with Gasteiger partial charge in [0.05, 0.1) is 11.4 Å². The molecule has 0 radical (unpaired) electrons. The second kappa shape index (κ2) is 6.13. The van der Waals surface area contributed by atoms with E-state index >= 15 is 0 Å². The van der Waals surface area contributed by atoms with Crippen LogP contribution in [-0.4, -0.2) is 33.8 Å². The molecule has 6 heteroatoms. The first-order valence-electron chi connectivity index (χ1n) is 7.89. The third-order valence-electron chi connectivity index (χ3n) is 4.28. The Morgan fingerprint density at radius 3 is 2.75 bits per heavy atom. The normalized spacial score (nSPS) is 14.5. The molecule has 122 valence electrons. The van der Waals surface area contributed by atoms with E-state index in [9.17, 15) is 4.79 Å². The fourth-order valence-electron chi connectivity index (χ4n) is 2.92. The molecule has 1 N–H and O–H groups in total. The number of rotatable bonds is 3. The molecular weight excluding hydrogens is 320 g/mol. The Morgan fingerprint density at radius 2 is 2.04 bits per heavy atom. The highest BCUT2D eigenvalue weighted by Crippen LogP contribution is 2.32. The molecule has 0 bridgehead atoms. The van der Waals surface area contributed by atoms with Crippen molar-refractivity contribution < 1.29 is 4.79 Å². The number of nitrogens with zero attached hydrogens (tertiary/aromatic N) is 3. The second-order valence-electron chi connectivity index (χ2n) is 5.97. The lowest BCUT2D eigenvalue weighted by atomic mass is 9.97. The van der Waals surface area contributed by atoms with Gasteiger partial charge in [-0.05, 0) is 23.6 Å². The number of thiophene rings is 1. The lowest BCUT2D eigenvalue weighted by Crippen LogP contribution is -2.50. The molecular formula is C18H18N4OS. The van der Waals surface area contributed by atoms with E-state index in [1.54, 1.807) is 16.0 Å². The van der Waals surface area contributed by atoms with E-state index in [-0.39, 0.29) is 6.03 Å². The molecule has 4 rings (SSSR count). The van der Waals surface area contributed by atoms with Crippen molar-refractivity contribution in [3.05, 3.63) is 59.7 Å². The SMILES string of the molecule is Cn1ccc(C2CN(C(=O)Nc3ccccc3-c3cccs3)C2)n1. The molecule has 3 heterocycles. The largest absolute Gasteiger partial charge is 0.323 e. The van der Waals surface area contributed by atoms with Crippen molar-refractivity contribution >= 4 is 23.1 Å². The van der Waals surface area contributed by atoms with Crippen LogP contribution in [0.15, 0.2) is 54.0 Å². The van der Waals surface area contributed by atoms with Gasteiger partial charge in [-0.25, -0.2) is 4.79 Å². The Hall–Kier alpha value is -2.60. The van der Waals surface area contributed by atoms with Crippen molar-refractivity contribution in [1.29, 1.82) is 0 Å². The predicted molar refractivity (Wildman–Crippen MR) is 96.3 cm³/mol. The first-order chi connectivity index (χ1) is 11.7. The minimum atomic E-state index is -0.0498. The molecule has 0 saturated carbocycles. The van der Waals surface area contributed by atoms with Gasteiger partial charge in [-0.1, -0.05) is 24.3 Å². The van der Waals surface area contributed by atoms with Crippen molar-refractivity contribution in [3.63, 3.8) is 0 Å². The molecule has 3 aromatic rings. The van der Waals surface area contributed by atoms with E-state index in [1.165, 1.54) is 0 Å². The Labute approximate surface area is 144 Å². The summed E-state index contributed by atoms with van der Waals surface area (Å²) in [6, 6.07) is 14.0. The van der Waals surface area contributed by atoms with E-state index in [0.717, 1.165) is 21.8 Å². The number of aromatic nitrogens is 2. The third-order valence-corrected chi connectivity index (χ3v) is 5.18. The quantitative estimate of drug-likeness (QED) is 0.790. The highest BCUT2D eigenvalue weighted by atomic mass is 32.1. The average molecular weight is 338 g/mol. The Bertz CT molecular complexity index is 850. The zero-order valence-corrected chi connectivity index (χ0v) is 14.2. The molecule has 24 heavy (non-hydrogen) atoms. The number of nitrogens with one attached hydrogen (secondary N) is 1. The van der Waals surface area contributed by atoms with Gasteiger partial charge in [0, 0.05) is 42.7 Å². The molecule has 1 aliphatic heterocycles. The number of hydrogen-bond acceptors (Lipinski definition) is 3. The molecule has 0 aliphatic carbocycles. The summed E-state index contributed by atoms with van der Waals surface area (Å²) in [6.45, 7) is 1.42. The minimum Gasteiger partial charge on any atom is -0.323 e. The minimum absolute atomic E-state index is 0.0498. The molecule has 0 unspecified atom stereocenters. The molecule has 2 amide bonds. The summed E-state index contributed by atoms with van der Waals surface area (Å²) in [4.78, 5) is 15.5. The smallest absolute Gasteiger partial charge is 0.321 e. The van der Waals surface area contributed by atoms with Crippen molar-refractivity contribution in [2.75, 3.05) is 18.4 Å². The molecule has 1 aromatic carbocycles. The first-order valence-corrected chi connectivity index (χ1v) is 8.77.